The molecule has 35 heavy (non-hydrogen) atoms. The number of primary amides is 1. The van der Waals surface area contributed by atoms with E-state index in [1.165, 1.54) is 17.7 Å². The average Bonchev–Trinajstić information content (AvgIpc) is 2.89. The summed E-state index contributed by atoms with van der Waals surface area (Å²) in [5.41, 5.74) is 6.78. The van der Waals surface area contributed by atoms with Crippen molar-refractivity contribution in [3.8, 4) is 11.5 Å². The van der Waals surface area contributed by atoms with Crippen molar-refractivity contribution >= 4 is 17.7 Å². The number of hydrogen-bond acceptors (Lipinski definition) is 7. The highest BCUT2D eigenvalue weighted by molar-refractivity contribution is 7.99. The van der Waals surface area contributed by atoms with Crippen molar-refractivity contribution in [2.75, 3.05) is 32.0 Å². The van der Waals surface area contributed by atoms with Crippen LogP contribution in [0.3, 0.4) is 0 Å². The van der Waals surface area contributed by atoms with E-state index in [2.05, 4.69) is 29.3 Å². The second-order valence-corrected chi connectivity index (χ2v) is 10.4. The van der Waals surface area contributed by atoms with Gasteiger partial charge in [-0.1, -0.05) is 37.6 Å². The molecule has 2 aromatic rings. The minimum atomic E-state index is -0.673. The highest BCUT2D eigenvalue weighted by Gasteiger charge is 2.31. The summed E-state index contributed by atoms with van der Waals surface area (Å²) in [6.45, 7) is 4.49. The molecule has 4 rings (SSSR count). The maximum atomic E-state index is 12.4. The summed E-state index contributed by atoms with van der Waals surface area (Å²) in [5.74, 6) is 2.18. The number of para-hydroxylation sites is 2. The molecular formula is C27H37N3O4S. The molecule has 0 aromatic heterocycles. The molecule has 2 aliphatic heterocycles. The van der Waals surface area contributed by atoms with Crippen molar-refractivity contribution < 1.29 is 19.4 Å². The van der Waals surface area contributed by atoms with E-state index in [0.29, 0.717) is 24.7 Å². The van der Waals surface area contributed by atoms with Crippen molar-refractivity contribution in [2.45, 2.75) is 61.8 Å². The fraction of sp³-hybridized carbons (Fsp3) is 0.519. The molecule has 3 unspecified atom stereocenters. The number of aliphatic hydroxyl groups excluding tert-OH is 1. The van der Waals surface area contributed by atoms with Crippen LogP contribution in [0.4, 0.5) is 0 Å². The van der Waals surface area contributed by atoms with Gasteiger partial charge in [0, 0.05) is 30.6 Å². The molecule has 8 heteroatoms. The standard InChI is InChI=1S/C27H37N3O4S/c1-2-3-16-35-21-10-8-19(9-11-21)26(27(28)32)30-14-12-20(13-15-30)29-17-22(31)25-18-33-23-6-4-5-7-24(23)34-25/h4-11,20,22,25-26,29,31H,2-3,12-18H2,1H3,(H2,28,32). The molecule has 1 saturated heterocycles. The number of thioether (sulfide) groups is 1. The number of likely N-dealkylation sites (tertiary alicyclic amines) is 1. The number of ether oxygens (including phenoxy) is 2. The summed E-state index contributed by atoms with van der Waals surface area (Å²) in [4.78, 5) is 15.8. The van der Waals surface area contributed by atoms with E-state index >= 15 is 0 Å². The zero-order chi connectivity index (χ0) is 24.6. The van der Waals surface area contributed by atoms with Gasteiger partial charge in [-0.05, 0) is 54.8 Å². The second kappa shape index (κ2) is 12.6. The first kappa shape index (κ1) is 25.8. The Balaban J connectivity index is 1.24. The van der Waals surface area contributed by atoms with Gasteiger partial charge in [0.2, 0.25) is 5.91 Å². The number of nitrogens with zero attached hydrogens (tertiary/aromatic N) is 1. The van der Waals surface area contributed by atoms with E-state index in [0.717, 1.165) is 37.2 Å². The molecule has 0 spiro atoms. The van der Waals surface area contributed by atoms with Gasteiger partial charge in [-0.3, -0.25) is 9.69 Å². The van der Waals surface area contributed by atoms with Crippen LogP contribution in [0.25, 0.3) is 0 Å². The molecule has 3 atom stereocenters. The average molecular weight is 500 g/mol. The molecular weight excluding hydrogens is 462 g/mol. The van der Waals surface area contributed by atoms with E-state index in [-0.39, 0.29) is 11.9 Å². The maximum Gasteiger partial charge on any atom is 0.239 e. The summed E-state index contributed by atoms with van der Waals surface area (Å²) in [6.07, 6.45) is 3.08. The number of aliphatic hydroxyl groups is 1. The first-order chi connectivity index (χ1) is 17.0. The molecule has 1 amide bonds. The Morgan fingerprint density at radius 3 is 2.57 bits per heavy atom. The molecule has 2 aliphatic rings. The van der Waals surface area contributed by atoms with Crippen molar-refractivity contribution in [2.24, 2.45) is 5.73 Å². The number of carbonyl (C=O) groups is 1. The van der Waals surface area contributed by atoms with Crippen molar-refractivity contribution in [1.29, 1.82) is 0 Å². The molecule has 2 heterocycles. The molecule has 1 fully saturated rings. The summed E-state index contributed by atoms with van der Waals surface area (Å²) in [6, 6.07) is 15.6. The highest BCUT2D eigenvalue weighted by atomic mass is 32.2. The van der Waals surface area contributed by atoms with Crippen LogP contribution in [0.2, 0.25) is 0 Å². The summed E-state index contributed by atoms with van der Waals surface area (Å²) >= 11 is 1.85. The Labute approximate surface area is 212 Å². The summed E-state index contributed by atoms with van der Waals surface area (Å²) in [7, 11) is 0. The SMILES string of the molecule is CCCCSc1ccc(C(C(N)=O)N2CCC(NCC(O)C3COc4ccccc4O3)CC2)cc1. The molecule has 0 radical (unpaired) electrons. The number of amides is 1. The fourth-order valence-corrected chi connectivity index (χ4v) is 5.64. The molecule has 0 aliphatic carbocycles. The zero-order valence-corrected chi connectivity index (χ0v) is 21.2. The quantitative estimate of drug-likeness (QED) is 0.322. The van der Waals surface area contributed by atoms with E-state index in [4.69, 9.17) is 15.2 Å². The van der Waals surface area contributed by atoms with Crippen LogP contribution in [-0.4, -0.2) is 66.2 Å². The van der Waals surface area contributed by atoms with E-state index in [1.54, 1.807) is 0 Å². The Kier molecular flexibility index (Phi) is 9.31. The Bertz CT molecular complexity index is 950. The van der Waals surface area contributed by atoms with Crippen LogP contribution in [-0.2, 0) is 4.79 Å². The number of benzene rings is 2. The van der Waals surface area contributed by atoms with Crippen LogP contribution in [0.1, 0.15) is 44.2 Å². The van der Waals surface area contributed by atoms with Crippen LogP contribution in [0.5, 0.6) is 11.5 Å². The Morgan fingerprint density at radius 1 is 1.17 bits per heavy atom. The number of nitrogens with one attached hydrogen (secondary N) is 1. The Morgan fingerprint density at radius 2 is 1.89 bits per heavy atom. The van der Waals surface area contributed by atoms with Gasteiger partial charge in [-0.25, -0.2) is 0 Å². The third-order valence-electron chi connectivity index (χ3n) is 6.70. The van der Waals surface area contributed by atoms with Gasteiger partial charge in [0.15, 0.2) is 17.6 Å². The zero-order valence-electron chi connectivity index (χ0n) is 20.4. The van der Waals surface area contributed by atoms with Gasteiger partial charge >= 0.3 is 0 Å². The largest absolute Gasteiger partial charge is 0.486 e. The number of hydrogen-bond donors (Lipinski definition) is 3. The van der Waals surface area contributed by atoms with Crippen LogP contribution >= 0.6 is 11.8 Å². The van der Waals surface area contributed by atoms with Crippen LogP contribution in [0, 0.1) is 0 Å². The monoisotopic (exact) mass is 499 g/mol. The van der Waals surface area contributed by atoms with E-state index in [1.807, 2.05) is 48.2 Å². The normalized spacial score (nSPS) is 20.3. The fourth-order valence-electron chi connectivity index (χ4n) is 4.64. The topological polar surface area (TPSA) is 97.1 Å². The molecule has 0 bridgehead atoms. The number of nitrogens with two attached hydrogens (primary N) is 1. The van der Waals surface area contributed by atoms with Gasteiger partial charge in [0.05, 0.1) is 0 Å². The molecule has 7 nitrogen and oxygen atoms in total. The van der Waals surface area contributed by atoms with E-state index < -0.39 is 18.2 Å². The lowest BCUT2D eigenvalue weighted by Gasteiger charge is -2.37. The number of rotatable bonds is 11. The first-order valence-electron chi connectivity index (χ1n) is 12.6. The third kappa shape index (κ3) is 6.91. The minimum absolute atomic E-state index is 0.267. The van der Waals surface area contributed by atoms with Crippen molar-refractivity contribution in [3.63, 3.8) is 0 Å². The smallest absolute Gasteiger partial charge is 0.239 e. The van der Waals surface area contributed by atoms with Crippen molar-refractivity contribution in [3.05, 3.63) is 54.1 Å². The van der Waals surface area contributed by atoms with Gasteiger partial charge in [-0.15, -0.1) is 11.8 Å². The van der Waals surface area contributed by atoms with Crippen LogP contribution < -0.4 is 20.5 Å². The van der Waals surface area contributed by atoms with Gasteiger partial charge in [-0.2, -0.15) is 0 Å². The second-order valence-electron chi connectivity index (χ2n) is 9.28. The van der Waals surface area contributed by atoms with E-state index in [9.17, 15) is 9.90 Å². The molecule has 0 saturated carbocycles. The maximum absolute atomic E-state index is 12.4. The number of fused-ring (bicyclic) bond motifs is 1. The van der Waals surface area contributed by atoms with Crippen molar-refractivity contribution in [1.82, 2.24) is 10.2 Å². The first-order valence-corrected chi connectivity index (χ1v) is 13.6. The third-order valence-corrected chi connectivity index (χ3v) is 7.80. The highest BCUT2D eigenvalue weighted by Crippen LogP contribution is 2.32. The lowest BCUT2D eigenvalue weighted by molar-refractivity contribution is -0.124. The van der Waals surface area contributed by atoms with Gasteiger partial charge < -0.3 is 25.6 Å². The summed E-state index contributed by atoms with van der Waals surface area (Å²) < 4.78 is 11.6. The molecule has 2 aromatic carbocycles. The Hall–Kier alpha value is -2.26. The number of unbranched alkanes of at least 4 members (excludes halogenated alkanes) is 1. The lowest BCUT2D eigenvalue weighted by Crippen LogP contribution is -2.50. The molecule has 4 N–H and O–H groups in total. The van der Waals surface area contributed by atoms with Crippen LogP contribution in [0.15, 0.2) is 53.4 Å². The predicted octanol–water partition coefficient (Wildman–Crippen LogP) is 3.36. The number of piperidine rings is 1. The summed E-state index contributed by atoms with van der Waals surface area (Å²) in [5, 5.41) is 14.1. The predicted molar refractivity (Wildman–Crippen MR) is 139 cm³/mol. The van der Waals surface area contributed by atoms with Gasteiger partial charge in [0.25, 0.3) is 0 Å². The van der Waals surface area contributed by atoms with Gasteiger partial charge in [0.1, 0.15) is 18.8 Å². The lowest BCUT2D eigenvalue weighted by atomic mass is 9.98. The minimum Gasteiger partial charge on any atom is -0.486 e. The number of carbonyl (C=O) groups excluding carboxylic acids is 1. The molecule has 190 valence electrons.